The van der Waals surface area contributed by atoms with Gasteiger partial charge in [0.25, 0.3) is 0 Å². The van der Waals surface area contributed by atoms with Crippen LogP contribution in [-0.4, -0.2) is 47.9 Å². The third-order valence-electron chi connectivity index (χ3n) is 9.86. The number of fused-ring (bicyclic) bond motifs is 4. The molecule has 0 spiro atoms. The molecule has 1 saturated carbocycles. The molecule has 1 aromatic carbocycles. The van der Waals surface area contributed by atoms with Gasteiger partial charge in [0.05, 0.1) is 0 Å². The first-order chi connectivity index (χ1) is 16.1. The maximum Gasteiger partial charge on any atom is 0.127 e. The molecule has 2 nitrogen and oxygen atoms in total. The van der Waals surface area contributed by atoms with Gasteiger partial charge in [0.1, 0.15) is 8.24 Å². The van der Waals surface area contributed by atoms with E-state index in [4.69, 9.17) is 0 Å². The van der Waals surface area contributed by atoms with Gasteiger partial charge in [-0.3, -0.25) is 4.90 Å². The molecule has 0 bridgehead atoms. The van der Waals surface area contributed by atoms with Gasteiger partial charge >= 0.3 is 0 Å². The molecular weight excluding hydrogens is 440 g/mol. The molecule has 0 aromatic heterocycles. The summed E-state index contributed by atoms with van der Waals surface area (Å²) in [7, 11) is -1.81. The van der Waals surface area contributed by atoms with Crippen LogP contribution in [0.15, 0.2) is 42.0 Å². The third kappa shape index (κ3) is 3.96. The van der Waals surface area contributed by atoms with E-state index in [9.17, 15) is 0 Å². The molecule has 35 heavy (non-hydrogen) atoms. The van der Waals surface area contributed by atoms with Crippen LogP contribution in [0.25, 0.3) is 5.57 Å². The number of hydrogen-bond donors (Lipinski definition) is 0. The largest absolute Gasteiger partial charge is 0.314 e. The fourth-order valence-corrected chi connectivity index (χ4v) is 15.3. The van der Waals surface area contributed by atoms with Crippen molar-refractivity contribution in [3.8, 4) is 0 Å². The summed E-state index contributed by atoms with van der Waals surface area (Å²) in [6.45, 7) is 27.6. The lowest BCUT2D eigenvalue weighted by molar-refractivity contribution is 0.122. The number of rotatable bonds is 3. The Hall–Kier alpha value is -1.16. The van der Waals surface area contributed by atoms with Crippen LogP contribution in [0.1, 0.15) is 85.8 Å². The van der Waals surface area contributed by atoms with E-state index in [0.717, 1.165) is 5.54 Å². The summed E-state index contributed by atoms with van der Waals surface area (Å²) < 4.78 is 2.98. The van der Waals surface area contributed by atoms with Gasteiger partial charge in [-0.05, 0) is 114 Å². The molecule has 0 radical (unpaired) electrons. The minimum Gasteiger partial charge on any atom is -0.314 e. The zero-order valence-corrected chi connectivity index (χ0v) is 25.2. The molecule has 4 atom stereocenters. The quantitative estimate of drug-likeness (QED) is 0.398. The Morgan fingerprint density at radius 3 is 2.09 bits per heavy atom. The van der Waals surface area contributed by atoms with Crippen molar-refractivity contribution in [2.75, 3.05) is 13.1 Å². The van der Waals surface area contributed by atoms with Gasteiger partial charge in [0, 0.05) is 22.5 Å². The third-order valence-corrected chi connectivity index (χ3v) is 14.8. The van der Waals surface area contributed by atoms with E-state index in [1.807, 2.05) is 0 Å². The minimum atomic E-state index is -1.81. The smallest absolute Gasteiger partial charge is 0.127 e. The fourth-order valence-electron chi connectivity index (χ4n) is 9.43. The van der Waals surface area contributed by atoms with Gasteiger partial charge in [-0.2, -0.15) is 0 Å². The maximum atomic E-state index is 2.98. The fraction of sp³-hybridized carbons (Fsp3) is 0.688. The standard InChI is InChI=1S/C32H50N2Si/c1-30(2,3)34(31(4,5)6)35(9,10)29-21-28(33-17-13-14-18-33)24-20-27-23(19-25(24)29)22-15-11-12-16-26(22)32(27,7)8/h11-12,15-16,19-20,24-25,28-29H,13-14,17-18,21H2,1-10H3. The molecule has 1 aromatic rings. The van der Waals surface area contributed by atoms with E-state index in [2.05, 4.69) is 114 Å². The SMILES string of the molecule is CC1(C)C2=CC3C(C=C2c2ccccc21)C([Si](C)(C)N(C(C)(C)C)C(C)(C)C)CC3N1CCCC1. The van der Waals surface area contributed by atoms with Crippen molar-refractivity contribution in [2.24, 2.45) is 11.8 Å². The number of hydrogen-bond acceptors (Lipinski definition) is 2. The predicted octanol–water partition coefficient (Wildman–Crippen LogP) is 7.88. The average molecular weight is 491 g/mol. The zero-order chi connectivity index (χ0) is 25.6. The molecule has 1 saturated heterocycles. The lowest BCUT2D eigenvalue weighted by Gasteiger charge is -2.57. The second-order valence-electron chi connectivity index (χ2n) is 15.0. The molecule has 3 heteroatoms. The van der Waals surface area contributed by atoms with E-state index < -0.39 is 8.24 Å². The monoisotopic (exact) mass is 490 g/mol. The van der Waals surface area contributed by atoms with Crippen LogP contribution in [-0.2, 0) is 5.41 Å². The molecule has 3 aliphatic carbocycles. The molecule has 5 rings (SSSR count). The van der Waals surface area contributed by atoms with Crippen molar-refractivity contribution < 1.29 is 0 Å². The summed E-state index contributed by atoms with van der Waals surface area (Å²) in [5.41, 5.74) is 7.38. The van der Waals surface area contributed by atoms with Crippen LogP contribution in [0.3, 0.4) is 0 Å². The van der Waals surface area contributed by atoms with Gasteiger partial charge in [0.15, 0.2) is 0 Å². The van der Waals surface area contributed by atoms with Crippen LogP contribution in [0, 0.1) is 11.8 Å². The molecule has 1 aliphatic heterocycles. The summed E-state index contributed by atoms with van der Waals surface area (Å²) in [5.74, 6) is 1.30. The average Bonchev–Trinajstić information content (AvgIpc) is 3.41. The number of likely N-dealkylation sites (tertiary alicyclic amines) is 1. The number of benzene rings is 1. The molecule has 0 N–H and O–H groups in total. The Morgan fingerprint density at radius 1 is 0.886 bits per heavy atom. The highest BCUT2D eigenvalue weighted by Crippen LogP contribution is 2.60. The molecule has 0 amide bonds. The predicted molar refractivity (Wildman–Crippen MR) is 154 cm³/mol. The highest BCUT2D eigenvalue weighted by atomic mass is 28.3. The van der Waals surface area contributed by atoms with Crippen molar-refractivity contribution in [1.29, 1.82) is 0 Å². The first-order valence-electron chi connectivity index (χ1n) is 14.2. The van der Waals surface area contributed by atoms with Crippen molar-refractivity contribution in [3.63, 3.8) is 0 Å². The van der Waals surface area contributed by atoms with E-state index in [-0.39, 0.29) is 16.5 Å². The molecule has 1 heterocycles. The normalized spacial score (nSPS) is 30.7. The topological polar surface area (TPSA) is 6.48 Å². The van der Waals surface area contributed by atoms with E-state index in [1.165, 1.54) is 43.5 Å². The zero-order valence-electron chi connectivity index (χ0n) is 24.2. The summed E-state index contributed by atoms with van der Waals surface area (Å²) in [6.07, 6.45) is 9.69. The van der Waals surface area contributed by atoms with E-state index in [1.54, 1.807) is 11.1 Å². The van der Waals surface area contributed by atoms with E-state index >= 15 is 0 Å². The maximum absolute atomic E-state index is 2.98. The Bertz CT molecular complexity index is 1030. The molecular formula is C32H50N2Si. The Morgan fingerprint density at radius 2 is 1.49 bits per heavy atom. The minimum absolute atomic E-state index is 0.108. The van der Waals surface area contributed by atoms with Gasteiger partial charge in [-0.1, -0.05) is 63.4 Å². The Kier molecular flexibility index (Phi) is 5.95. The Labute approximate surface area is 216 Å². The first kappa shape index (κ1) is 25.5. The molecule has 2 fully saturated rings. The van der Waals surface area contributed by atoms with Gasteiger partial charge in [-0.15, -0.1) is 0 Å². The number of allylic oxidation sites excluding steroid dienone is 3. The lowest BCUT2D eigenvalue weighted by atomic mass is 9.75. The number of nitrogens with zero attached hydrogens (tertiary/aromatic N) is 2. The second-order valence-corrected chi connectivity index (χ2v) is 19.5. The van der Waals surface area contributed by atoms with Crippen LogP contribution in [0.2, 0.25) is 18.6 Å². The summed E-state index contributed by atoms with van der Waals surface area (Å²) in [6, 6.07) is 9.93. The summed E-state index contributed by atoms with van der Waals surface area (Å²) in [4.78, 5) is 2.88. The first-order valence-corrected chi connectivity index (χ1v) is 17.3. The van der Waals surface area contributed by atoms with Gasteiger partial charge in [0.2, 0.25) is 0 Å². The molecule has 192 valence electrons. The van der Waals surface area contributed by atoms with Crippen molar-refractivity contribution >= 4 is 13.8 Å². The molecule has 4 aliphatic rings. The van der Waals surface area contributed by atoms with Crippen LogP contribution >= 0.6 is 0 Å². The van der Waals surface area contributed by atoms with Gasteiger partial charge in [-0.25, -0.2) is 0 Å². The highest BCUT2D eigenvalue weighted by Gasteiger charge is 2.57. The molecule has 4 unspecified atom stereocenters. The van der Waals surface area contributed by atoms with Crippen LogP contribution in [0.4, 0.5) is 0 Å². The summed E-state index contributed by atoms with van der Waals surface area (Å²) >= 11 is 0. The lowest BCUT2D eigenvalue weighted by Crippen LogP contribution is -2.67. The second kappa shape index (κ2) is 8.17. The van der Waals surface area contributed by atoms with Crippen LogP contribution < -0.4 is 0 Å². The Balaban J connectivity index is 1.63. The van der Waals surface area contributed by atoms with Crippen molar-refractivity contribution in [2.45, 2.75) is 116 Å². The van der Waals surface area contributed by atoms with Crippen molar-refractivity contribution in [1.82, 2.24) is 9.47 Å². The van der Waals surface area contributed by atoms with Gasteiger partial charge < -0.3 is 4.57 Å². The van der Waals surface area contributed by atoms with E-state index in [0.29, 0.717) is 17.9 Å². The summed E-state index contributed by atoms with van der Waals surface area (Å²) in [5, 5.41) is 0. The van der Waals surface area contributed by atoms with Crippen molar-refractivity contribution in [3.05, 3.63) is 53.1 Å². The highest BCUT2D eigenvalue weighted by molar-refractivity contribution is 6.76. The van der Waals surface area contributed by atoms with Crippen LogP contribution in [0.5, 0.6) is 0 Å².